The molecule has 0 radical (unpaired) electrons. The van der Waals surface area contributed by atoms with E-state index in [1.165, 1.54) is 62.0 Å². The SMILES string of the molecule is Oc1c(CNC2CC2)cc2c3c1CCCN3CCC2. The molecule has 1 saturated carbocycles. The Hall–Kier alpha value is -1.22. The number of aromatic hydroxyl groups is 1. The molecule has 2 aliphatic heterocycles. The van der Waals surface area contributed by atoms with Gasteiger partial charge in [-0.2, -0.15) is 0 Å². The van der Waals surface area contributed by atoms with E-state index in [1.807, 2.05) is 0 Å². The van der Waals surface area contributed by atoms with E-state index >= 15 is 0 Å². The van der Waals surface area contributed by atoms with Crippen molar-refractivity contribution in [3.05, 3.63) is 22.8 Å². The van der Waals surface area contributed by atoms with Gasteiger partial charge in [-0.05, 0) is 50.2 Å². The standard InChI is InChI=1S/C16H22N2O/c19-16-12(10-17-13-5-6-13)9-11-3-1-7-18-8-2-4-14(16)15(11)18/h9,13,17,19H,1-8,10H2. The smallest absolute Gasteiger partial charge is 0.125 e. The third-order valence-corrected chi connectivity index (χ3v) is 4.73. The molecule has 0 spiro atoms. The van der Waals surface area contributed by atoms with Gasteiger partial charge in [-0.25, -0.2) is 0 Å². The predicted octanol–water partition coefficient (Wildman–Crippen LogP) is 2.34. The number of nitrogens with one attached hydrogen (secondary N) is 1. The summed E-state index contributed by atoms with van der Waals surface area (Å²) in [6.45, 7) is 3.16. The third kappa shape index (κ3) is 2.00. The van der Waals surface area contributed by atoms with Gasteiger partial charge in [0, 0.05) is 42.5 Å². The van der Waals surface area contributed by atoms with E-state index in [-0.39, 0.29) is 0 Å². The summed E-state index contributed by atoms with van der Waals surface area (Å²) < 4.78 is 0. The molecule has 0 unspecified atom stereocenters. The number of aryl methyl sites for hydroxylation is 1. The largest absolute Gasteiger partial charge is 0.507 e. The highest BCUT2D eigenvalue weighted by atomic mass is 16.3. The summed E-state index contributed by atoms with van der Waals surface area (Å²) in [6, 6.07) is 2.95. The summed E-state index contributed by atoms with van der Waals surface area (Å²) in [4.78, 5) is 2.48. The van der Waals surface area contributed by atoms with Crippen LogP contribution >= 0.6 is 0 Å². The van der Waals surface area contributed by atoms with Crippen LogP contribution in [0.3, 0.4) is 0 Å². The first kappa shape index (κ1) is 11.6. The fourth-order valence-corrected chi connectivity index (χ4v) is 3.59. The van der Waals surface area contributed by atoms with Crippen molar-refractivity contribution >= 4 is 5.69 Å². The van der Waals surface area contributed by atoms with Crippen LogP contribution in [0.15, 0.2) is 6.07 Å². The Morgan fingerprint density at radius 2 is 2.00 bits per heavy atom. The molecule has 3 heteroatoms. The molecule has 0 bridgehead atoms. The maximum Gasteiger partial charge on any atom is 0.125 e. The Morgan fingerprint density at radius 1 is 1.21 bits per heavy atom. The van der Waals surface area contributed by atoms with Gasteiger partial charge in [0.2, 0.25) is 0 Å². The zero-order chi connectivity index (χ0) is 12.8. The molecule has 0 aromatic heterocycles. The van der Waals surface area contributed by atoms with E-state index in [2.05, 4.69) is 16.3 Å². The Balaban J connectivity index is 1.72. The average Bonchev–Trinajstić information content (AvgIpc) is 3.25. The number of phenols is 1. The molecule has 1 aromatic carbocycles. The molecule has 1 aliphatic carbocycles. The Kier molecular flexibility index (Phi) is 2.69. The summed E-state index contributed by atoms with van der Waals surface area (Å²) in [6.07, 6.45) is 7.25. The lowest BCUT2D eigenvalue weighted by molar-refractivity contribution is 0.451. The van der Waals surface area contributed by atoms with Crippen molar-refractivity contribution in [2.24, 2.45) is 0 Å². The number of nitrogens with zero attached hydrogens (tertiary/aromatic N) is 1. The minimum Gasteiger partial charge on any atom is -0.507 e. The zero-order valence-corrected chi connectivity index (χ0v) is 11.4. The van der Waals surface area contributed by atoms with E-state index < -0.39 is 0 Å². The fourth-order valence-electron chi connectivity index (χ4n) is 3.59. The molecule has 0 amide bonds. The van der Waals surface area contributed by atoms with Crippen LogP contribution in [0, 0.1) is 0 Å². The summed E-state index contributed by atoms with van der Waals surface area (Å²) in [7, 11) is 0. The first-order chi connectivity index (χ1) is 9.33. The monoisotopic (exact) mass is 258 g/mol. The van der Waals surface area contributed by atoms with Gasteiger partial charge < -0.3 is 15.3 Å². The lowest BCUT2D eigenvalue weighted by atomic mass is 9.89. The van der Waals surface area contributed by atoms with E-state index in [0.29, 0.717) is 11.8 Å². The average molecular weight is 258 g/mol. The molecule has 2 N–H and O–H groups in total. The van der Waals surface area contributed by atoms with E-state index in [4.69, 9.17) is 0 Å². The highest BCUT2D eigenvalue weighted by Crippen LogP contribution is 2.42. The molecule has 1 fully saturated rings. The van der Waals surface area contributed by atoms with Crippen LogP contribution in [-0.2, 0) is 19.4 Å². The first-order valence-electron chi connectivity index (χ1n) is 7.68. The van der Waals surface area contributed by atoms with Crippen molar-refractivity contribution in [2.75, 3.05) is 18.0 Å². The third-order valence-electron chi connectivity index (χ3n) is 4.73. The molecule has 1 aromatic rings. The van der Waals surface area contributed by atoms with Crippen LogP contribution in [-0.4, -0.2) is 24.2 Å². The Bertz CT molecular complexity index is 506. The molecular weight excluding hydrogens is 236 g/mol. The first-order valence-corrected chi connectivity index (χ1v) is 7.68. The second-order valence-electron chi connectivity index (χ2n) is 6.22. The Labute approximate surface area is 114 Å². The highest BCUT2D eigenvalue weighted by molar-refractivity contribution is 5.68. The summed E-state index contributed by atoms with van der Waals surface area (Å²) >= 11 is 0. The number of rotatable bonds is 3. The quantitative estimate of drug-likeness (QED) is 0.873. The molecule has 102 valence electrons. The lowest BCUT2D eigenvalue weighted by Crippen LogP contribution is -2.34. The van der Waals surface area contributed by atoms with Gasteiger partial charge in [-0.1, -0.05) is 0 Å². The van der Waals surface area contributed by atoms with Gasteiger partial charge in [-0.15, -0.1) is 0 Å². The van der Waals surface area contributed by atoms with Crippen LogP contribution in [0.4, 0.5) is 5.69 Å². The Morgan fingerprint density at radius 3 is 2.79 bits per heavy atom. The highest BCUT2D eigenvalue weighted by Gasteiger charge is 2.28. The van der Waals surface area contributed by atoms with E-state index in [0.717, 1.165) is 18.5 Å². The van der Waals surface area contributed by atoms with Gasteiger partial charge in [0.1, 0.15) is 5.75 Å². The van der Waals surface area contributed by atoms with Crippen LogP contribution in [0.5, 0.6) is 5.75 Å². The van der Waals surface area contributed by atoms with Crippen LogP contribution in [0.25, 0.3) is 0 Å². The van der Waals surface area contributed by atoms with E-state index in [1.54, 1.807) is 0 Å². The lowest BCUT2D eigenvalue weighted by Gasteiger charge is -2.37. The van der Waals surface area contributed by atoms with Gasteiger partial charge >= 0.3 is 0 Å². The molecule has 0 saturated heterocycles. The van der Waals surface area contributed by atoms with Gasteiger partial charge in [0.05, 0.1) is 0 Å². The second-order valence-corrected chi connectivity index (χ2v) is 6.22. The topological polar surface area (TPSA) is 35.5 Å². The number of hydrogen-bond acceptors (Lipinski definition) is 3. The molecule has 4 rings (SSSR count). The number of phenolic OH excluding ortho intramolecular Hbond substituents is 1. The zero-order valence-electron chi connectivity index (χ0n) is 11.4. The van der Waals surface area contributed by atoms with Crippen molar-refractivity contribution in [1.82, 2.24) is 5.32 Å². The molecular formula is C16H22N2O. The normalized spacial score (nSPS) is 21.4. The maximum atomic E-state index is 10.6. The minimum atomic E-state index is 0.568. The van der Waals surface area contributed by atoms with Crippen molar-refractivity contribution in [3.63, 3.8) is 0 Å². The summed E-state index contributed by atoms with van der Waals surface area (Å²) in [5, 5.41) is 14.1. The summed E-state index contributed by atoms with van der Waals surface area (Å²) in [5.74, 6) is 0.568. The van der Waals surface area contributed by atoms with Gasteiger partial charge in [0.15, 0.2) is 0 Å². The van der Waals surface area contributed by atoms with E-state index in [9.17, 15) is 5.11 Å². The van der Waals surface area contributed by atoms with Gasteiger partial charge in [-0.3, -0.25) is 0 Å². The molecule has 2 heterocycles. The van der Waals surface area contributed by atoms with Crippen molar-refractivity contribution in [1.29, 1.82) is 0 Å². The van der Waals surface area contributed by atoms with Crippen LogP contribution in [0.1, 0.15) is 42.4 Å². The van der Waals surface area contributed by atoms with Crippen LogP contribution in [0.2, 0.25) is 0 Å². The fraction of sp³-hybridized carbons (Fsp3) is 0.625. The van der Waals surface area contributed by atoms with Crippen molar-refractivity contribution in [3.8, 4) is 5.75 Å². The number of anilines is 1. The molecule has 3 aliphatic rings. The molecule has 3 nitrogen and oxygen atoms in total. The predicted molar refractivity (Wildman–Crippen MR) is 76.8 cm³/mol. The van der Waals surface area contributed by atoms with Crippen molar-refractivity contribution in [2.45, 2.75) is 51.1 Å². The molecule has 0 atom stereocenters. The second kappa shape index (κ2) is 4.41. The maximum absolute atomic E-state index is 10.6. The van der Waals surface area contributed by atoms with Crippen molar-refractivity contribution < 1.29 is 5.11 Å². The number of hydrogen-bond donors (Lipinski definition) is 2. The molecule has 19 heavy (non-hydrogen) atoms. The minimum absolute atomic E-state index is 0.568. The van der Waals surface area contributed by atoms with Gasteiger partial charge in [0.25, 0.3) is 0 Å². The summed E-state index contributed by atoms with van der Waals surface area (Å²) in [5.41, 5.74) is 5.16. The number of benzene rings is 1. The van der Waals surface area contributed by atoms with Crippen LogP contribution < -0.4 is 10.2 Å².